The first-order valence-corrected chi connectivity index (χ1v) is 7.88. The van der Waals surface area contributed by atoms with Crippen LogP contribution in [0.1, 0.15) is 0 Å². The quantitative estimate of drug-likeness (QED) is 0.634. The average molecular weight is 357 g/mol. The first kappa shape index (κ1) is 14.6. The van der Waals surface area contributed by atoms with Crippen LogP contribution in [0.5, 0.6) is 0 Å². The van der Waals surface area contributed by atoms with Crippen molar-refractivity contribution in [3.8, 4) is 11.3 Å². The number of thiophene rings is 1. The molecule has 0 fully saturated rings. The summed E-state index contributed by atoms with van der Waals surface area (Å²) in [5, 5.41) is 3.68. The largest absolute Gasteiger partial charge is 0.323 e. The van der Waals surface area contributed by atoms with E-state index in [2.05, 4.69) is 15.3 Å². The van der Waals surface area contributed by atoms with Crippen molar-refractivity contribution in [2.24, 2.45) is 0 Å². The average Bonchev–Trinajstić information content (AvgIpc) is 2.81. The SMILES string of the molecule is Clc1cc(-c2ccnc(Nc3ccccc3Cl)n2)c(Cl)s1. The Morgan fingerprint density at radius 3 is 2.57 bits per heavy atom. The van der Waals surface area contributed by atoms with E-state index in [1.165, 1.54) is 11.3 Å². The summed E-state index contributed by atoms with van der Waals surface area (Å²) in [6, 6.07) is 11.0. The van der Waals surface area contributed by atoms with E-state index in [9.17, 15) is 0 Å². The lowest BCUT2D eigenvalue weighted by atomic mass is 10.2. The Labute approximate surface area is 140 Å². The second kappa shape index (κ2) is 6.20. The molecule has 3 rings (SSSR count). The summed E-state index contributed by atoms with van der Waals surface area (Å²) in [5.41, 5.74) is 2.23. The van der Waals surface area contributed by atoms with Gasteiger partial charge in [-0.1, -0.05) is 46.9 Å². The predicted octanol–water partition coefficient (Wildman–Crippen LogP) is 5.91. The summed E-state index contributed by atoms with van der Waals surface area (Å²) in [6.07, 6.45) is 1.66. The van der Waals surface area contributed by atoms with Crippen LogP contribution >= 0.6 is 46.1 Å². The zero-order valence-corrected chi connectivity index (χ0v) is 13.6. The van der Waals surface area contributed by atoms with Crippen molar-refractivity contribution in [2.75, 3.05) is 5.32 Å². The molecule has 0 radical (unpaired) electrons. The number of hydrogen-bond acceptors (Lipinski definition) is 4. The fourth-order valence-electron chi connectivity index (χ4n) is 1.77. The van der Waals surface area contributed by atoms with E-state index in [-0.39, 0.29) is 0 Å². The second-order valence-electron chi connectivity index (χ2n) is 4.11. The predicted molar refractivity (Wildman–Crippen MR) is 90.1 cm³/mol. The summed E-state index contributed by atoms with van der Waals surface area (Å²) in [4.78, 5) is 8.62. The Hall–Kier alpha value is -1.33. The van der Waals surface area contributed by atoms with Crippen molar-refractivity contribution in [3.05, 3.63) is 56.3 Å². The van der Waals surface area contributed by atoms with E-state index < -0.39 is 0 Å². The third-order valence-corrected chi connectivity index (χ3v) is 4.53. The van der Waals surface area contributed by atoms with Crippen LogP contribution in [-0.4, -0.2) is 9.97 Å². The van der Waals surface area contributed by atoms with Crippen molar-refractivity contribution in [2.45, 2.75) is 0 Å². The van der Waals surface area contributed by atoms with E-state index in [0.29, 0.717) is 25.3 Å². The number of benzene rings is 1. The van der Waals surface area contributed by atoms with Gasteiger partial charge in [0.25, 0.3) is 0 Å². The van der Waals surface area contributed by atoms with Gasteiger partial charge in [-0.05, 0) is 24.3 Å². The lowest BCUT2D eigenvalue weighted by Gasteiger charge is -2.07. The molecule has 0 aliphatic heterocycles. The van der Waals surface area contributed by atoms with Gasteiger partial charge in [0, 0.05) is 11.8 Å². The highest BCUT2D eigenvalue weighted by Crippen LogP contribution is 2.37. The number of para-hydroxylation sites is 1. The third-order valence-electron chi connectivity index (χ3n) is 2.71. The smallest absolute Gasteiger partial charge is 0.227 e. The molecule has 0 spiro atoms. The van der Waals surface area contributed by atoms with Crippen LogP contribution in [0.25, 0.3) is 11.3 Å². The van der Waals surface area contributed by atoms with E-state index >= 15 is 0 Å². The number of rotatable bonds is 3. The molecule has 0 saturated carbocycles. The minimum absolute atomic E-state index is 0.444. The molecule has 0 atom stereocenters. The number of hydrogen-bond donors (Lipinski definition) is 1. The van der Waals surface area contributed by atoms with Gasteiger partial charge in [0.15, 0.2) is 0 Å². The van der Waals surface area contributed by atoms with Crippen LogP contribution < -0.4 is 5.32 Å². The van der Waals surface area contributed by atoms with Crippen LogP contribution in [-0.2, 0) is 0 Å². The Balaban J connectivity index is 1.94. The Morgan fingerprint density at radius 1 is 1.05 bits per heavy atom. The molecular weight excluding hydrogens is 349 g/mol. The van der Waals surface area contributed by atoms with E-state index in [0.717, 1.165) is 11.3 Å². The molecule has 0 aliphatic rings. The van der Waals surface area contributed by atoms with Crippen molar-refractivity contribution >= 4 is 57.8 Å². The number of anilines is 2. The molecule has 0 bridgehead atoms. The van der Waals surface area contributed by atoms with Crippen LogP contribution in [0, 0.1) is 0 Å². The van der Waals surface area contributed by atoms with Gasteiger partial charge in [-0.3, -0.25) is 0 Å². The van der Waals surface area contributed by atoms with Gasteiger partial charge in [0.05, 0.1) is 20.7 Å². The summed E-state index contributed by atoms with van der Waals surface area (Å²) >= 11 is 19.5. The molecular formula is C14H8Cl3N3S. The van der Waals surface area contributed by atoms with Crippen LogP contribution in [0.2, 0.25) is 13.7 Å². The summed E-state index contributed by atoms with van der Waals surface area (Å²) < 4.78 is 1.22. The molecule has 3 nitrogen and oxygen atoms in total. The highest BCUT2D eigenvalue weighted by atomic mass is 35.5. The van der Waals surface area contributed by atoms with Crippen LogP contribution in [0.3, 0.4) is 0 Å². The van der Waals surface area contributed by atoms with Gasteiger partial charge in [-0.2, -0.15) is 0 Å². The molecule has 106 valence electrons. The minimum atomic E-state index is 0.444. The molecule has 0 amide bonds. The molecule has 0 unspecified atom stereocenters. The lowest BCUT2D eigenvalue weighted by molar-refractivity contribution is 1.17. The van der Waals surface area contributed by atoms with Gasteiger partial charge >= 0.3 is 0 Å². The van der Waals surface area contributed by atoms with Crippen molar-refractivity contribution in [1.29, 1.82) is 0 Å². The zero-order valence-electron chi connectivity index (χ0n) is 10.5. The van der Waals surface area contributed by atoms with Crippen molar-refractivity contribution < 1.29 is 0 Å². The molecule has 21 heavy (non-hydrogen) atoms. The topological polar surface area (TPSA) is 37.8 Å². The second-order valence-corrected chi connectivity index (χ2v) is 6.80. The van der Waals surface area contributed by atoms with Gasteiger partial charge in [-0.25, -0.2) is 9.97 Å². The number of nitrogens with zero attached hydrogens (tertiary/aromatic N) is 2. The Kier molecular flexibility index (Phi) is 4.31. The molecule has 7 heteroatoms. The van der Waals surface area contributed by atoms with Gasteiger partial charge in [0.1, 0.15) is 4.34 Å². The summed E-state index contributed by atoms with van der Waals surface area (Å²) in [6.45, 7) is 0. The first-order valence-electron chi connectivity index (χ1n) is 5.93. The zero-order chi connectivity index (χ0) is 14.8. The molecule has 2 aromatic heterocycles. The Bertz CT molecular complexity index is 789. The third kappa shape index (κ3) is 3.30. The first-order chi connectivity index (χ1) is 10.1. The molecule has 1 aromatic carbocycles. The minimum Gasteiger partial charge on any atom is -0.323 e. The van der Waals surface area contributed by atoms with Gasteiger partial charge < -0.3 is 5.32 Å². The summed E-state index contributed by atoms with van der Waals surface area (Å²) in [7, 11) is 0. The van der Waals surface area contributed by atoms with E-state index in [1.807, 2.05) is 18.2 Å². The molecule has 2 heterocycles. The highest BCUT2D eigenvalue weighted by Gasteiger charge is 2.11. The van der Waals surface area contributed by atoms with Crippen molar-refractivity contribution in [3.63, 3.8) is 0 Å². The van der Waals surface area contributed by atoms with Crippen molar-refractivity contribution in [1.82, 2.24) is 9.97 Å². The monoisotopic (exact) mass is 355 g/mol. The normalized spacial score (nSPS) is 10.6. The lowest BCUT2D eigenvalue weighted by Crippen LogP contribution is -1.98. The maximum absolute atomic E-state index is 6.15. The number of aromatic nitrogens is 2. The molecule has 0 saturated heterocycles. The van der Waals surface area contributed by atoms with Gasteiger partial charge in [0.2, 0.25) is 5.95 Å². The summed E-state index contributed by atoms with van der Waals surface area (Å²) in [5.74, 6) is 0.444. The number of nitrogens with one attached hydrogen (secondary N) is 1. The molecule has 1 N–H and O–H groups in total. The highest BCUT2D eigenvalue weighted by molar-refractivity contribution is 7.20. The molecule has 0 aliphatic carbocycles. The van der Waals surface area contributed by atoms with Crippen LogP contribution in [0.4, 0.5) is 11.6 Å². The van der Waals surface area contributed by atoms with E-state index in [1.54, 1.807) is 24.4 Å². The Morgan fingerprint density at radius 2 is 1.86 bits per heavy atom. The van der Waals surface area contributed by atoms with Gasteiger partial charge in [-0.15, -0.1) is 11.3 Å². The maximum atomic E-state index is 6.15. The maximum Gasteiger partial charge on any atom is 0.227 e. The fourth-order valence-corrected chi connectivity index (χ4v) is 3.43. The molecule has 3 aromatic rings. The number of halogens is 3. The fraction of sp³-hybridized carbons (Fsp3) is 0. The van der Waals surface area contributed by atoms with E-state index in [4.69, 9.17) is 34.8 Å². The standard InChI is InChI=1S/C14H8Cl3N3S/c15-9-3-1-2-4-11(9)20-14-18-6-5-10(19-14)8-7-12(16)21-13(8)17/h1-7H,(H,18,19,20). The van der Waals surface area contributed by atoms with Crippen LogP contribution in [0.15, 0.2) is 42.6 Å².